The van der Waals surface area contributed by atoms with Crippen molar-refractivity contribution >= 4 is 45.3 Å². The van der Waals surface area contributed by atoms with Crippen molar-refractivity contribution in [1.82, 2.24) is 5.43 Å². The fraction of sp³-hybridized carbons (Fsp3) is 0.160. The van der Waals surface area contributed by atoms with Gasteiger partial charge in [-0.15, -0.1) is 0 Å². The van der Waals surface area contributed by atoms with E-state index in [0.717, 1.165) is 4.31 Å². The van der Waals surface area contributed by atoms with Crippen LogP contribution in [0.5, 0.6) is 11.5 Å². The molecule has 0 atom stereocenters. The van der Waals surface area contributed by atoms with Crippen molar-refractivity contribution in [3.8, 4) is 11.5 Å². The Balaban J connectivity index is 1.79. The van der Waals surface area contributed by atoms with Crippen LogP contribution in [0.25, 0.3) is 0 Å². The van der Waals surface area contributed by atoms with Gasteiger partial charge in [0.1, 0.15) is 18.0 Å². The quantitative estimate of drug-likeness (QED) is 0.265. The Kier molecular flexibility index (Phi) is 9.47. The van der Waals surface area contributed by atoms with E-state index in [0.29, 0.717) is 28.7 Å². The van der Waals surface area contributed by atoms with E-state index >= 15 is 0 Å². The van der Waals surface area contributed by atoms with Crippen molar-refractivity contribution < 1.29 is 27.5 Å². The van der Waals surface area contributed by atoms with Crippen LogP contribution in [0.3, 0.4) is 0 Å². The van der Waals surface area contributed by atoms with Crippen LogP contribution in [0.2, 0.25) is 5.02 Å². The summed E-state index contributed by atoms with van der Waals surface area (Å²) in [7, 11) is -4.17. The molecule has 10 nitrogen and oxygen atoms in total. The number of para-hydroxylation sites is 2. The first kappa shape index (κ1) is 27.5. The number of carbonyl (C=O) groups excluding carboxylic acids is 2. The average molecular weight is 545 g/mol. The zero-order valence-electron chi connectivity index (χ0n) is 19.8. The number of nitrogens with one attached hydrogen (secondary N) is 1. The maximum Gasteiger partial charge on any atom is 0.264 e. The van der Waals surface area contributed by atoms with Crippen LogP contribution in [-0.2, 0) is 19.6 Å². The topological polar surface area (TPSA) is 140 Å². The molecule has 0 fully saturated rings. The van der Waals surface area contributed by atoms with Gasteiger partial charge in [-0.05, 0) is 73.2 Å². The first-order valence-electron chi connectivity index (χ1n) is 11.0. The summed E-state index contributed by atoms with van der Waals surface area (Å²) >= 11 is 5.92. The summed E-state index contributed by atoms with van der Waals surface area (Å²) in [6.45, 7) is 1.26. The molecule has 0 spiro atoms. The van der Waals surface area contributed by atoms with Crippen LogP contribution < -0.4 is 24.9 Å². The van der Waals surface area contributed by atoms with Gasteiger partial charge >= 0.3 is 0 Å². The second kappa shape index (κ2) is 12.7. The van der Waals surface area contributed by atoms with Gasteiger partial charge in [-0.25, -0.2) is 13.8 Å². The first-order valence-corrected chi connectivity index (χ1v) is 12.9. The molecule has 0 saturated carbocycles. The lowest BCUT2D eigenvalue weighted by atomic mass is 10.2. The molecule has 2 amide bonds. The number of sulfonamides is 1. The SMILES string of the molecule is CCOc1ccccc1N(CC(=O)N/N=C\c1ccc(OCC(N)=O)cc1)S(=O)(=O)c1ccc(Cl)cc1. The van der Waals surface area contributed by atoms with Crippen molar-refractivity contribution in [2.45, 2.75) is 11.8 Å². The number of halogens is 1. The smallest absolute Gasteiger partial charge is 0.264 e. The molecule has 0 aliphatic carbocycles. The van der Waals surface area contributed by atoms with Gasteiger partial charge in [0.25, 0.3) is 21.8 Å². The zero-order valence-corrected chi connectivity index (χ0v) is 21.4. The monoisotopic (exact) mass is 544 g/mol. The molecule has 3 aromatic rings. The van der Waals surface area contributed by atoms with E-state index in [1.807, 2.05) is 0 Å². The highest BCUT2D eigenvalue weighted by molar-refractivity contribution is 7.92. The molecular formula is C25H25ClN4O6S. The number of primary amides is 1. The second-order valence-electron chi connectivity index (χ2n) is 7.48. The molecule has 0 aliphatic heterocycles. The Morgan fingerprint density at radius 2 is 1.70 bits per heavy atom. The van der Waals surface area contributed by atoms with Gasteiger partial charge in [0.15, 0.2) is 6.61 Å². The second-order valence-corrected chi connectivity index (χ2v) is 9.78. The number of hydrogen-bond acceptors (Lipinski definition) is 7. The fourth-order valence-electron chi connectivity index (χ4n) is 3.12. The summed E-state index contributed by atoms with van der Waals surface area (Å²) in [5.74, 6) is -0.528. The van der Waals surface area contributed by atoms with Gasteiger partial charge in [-0.2, -0.15) is 5.10 Å². The number of rotatable bonds is 12. The predicted octanol–water partition coefficient (Wildman–Crippen LogP) is 2.95. The van der Waals surface area contributed by atoms with Crippen molar-refractivity contribution in [3.05, 3.63) is 83.4 Å². The standard InChI is InChI=1S/C25H25ClN4O6S/c1-2-35-23-6-4-3-5-22(23)30(37(33,34)21-13-9-19(26)10-14-21)16-25(32)29-28-15-18-7-11-20(12-8-18)36-17-24(27)31/h3-15H,2,16-17H2,1H3,(H2,27,31)(H,29,32)/b28-15-. The molecule has 3 aromatic carbocycles. The Morgan fingerprint density at radius 3 is 2.35 bits per heavy atom. The lowest BCUT2D eigenvalue weighted by molar-refractivity contribution is -0.120. The summed E-state index contributed by atoms with van der Waals surface area (Å²) in [5, 5.41) is 4.28. The summed E-state index contributed by atoms with van der Waals surface area (Å²) in [5.41, 5.74) is 8.21. The minimum absolute atomic E-state index is 0.0434. The molecule has 0 aromatic heterocycles. The maximum absolute atomic E-state index is 13.5. The van der Waals surface area contributed by atoms with Gasteiger partial charge in [0.2, 0.25) is 0 Å². The third-order valence-corrected chi connectivity index (χ3v) is 6.81. The van der Waals surface area contributed by atoms with E-state index in [2.05, 4.69) is 10.5 Å². The highest BCUT2D eigenvalue weighted by Gasteiger charge is 2.29. The van der Waals surface area contributed by atoms with Crippen molar-refractivity contribution in [3.63, 3.8) is 0 Å². The largest absolute Gasteiger partial charge is 0.492 e. The first-order chi connectivity index (χ1) is 17.7. The Bertz CT molecular complexity index is 1360. The normalized spacial score (nSPS) is 11.2. The van der Waals surface area contributed by atoms with E-state index in [-0.39, 0.29) is 17.2 Å². The molecule has 0 aliphatic rings. The number of hydrogen-bond donors (Lipinski definition) is 2. The fourth-order valence-corrected chi connectivity index (χ4v) is 4.68. The number of amides is 2. The number of nitrogens with zero attached hydrogens (tertiary/aromatic N) is 2. The van der Waals surface area contributed by atoms with E-state index in [9.17, 15) is 18.0 Å². The molecule has 37 heavy (non-hydrogen) atoms. The Labute approximate surface area is 219 Å². The van der Waals surface area contributed by atoms with Crippen LogP contribution in [0, 0.1) is 0 Å². The number of hydrazone groups is 1. The van der Waals surface area contributed by atoms with Crippen LogP contribution >= 0.6 is 11.6 Å². The molecule has 0 unspecified atom stereocenters. The van der Waals surface area contributed by atoms with Crippen molar-refractivity contribution in [2.75, 3.05) is 24.1 Å². The van der Waals surface area contributed by atoms with Crippen LogP contribution in [0.15, 0.2) is 82.8 Å². The molecule has 0 bridgehead atoms. The lowest BCUT2D eigenvalue weighted by Gasteiger charge is -2.25. The average Bonchev–Trinajstić information content (AvgIpc) is 2.87. The van der Waals surface area contributed by atoms with Crippen molar-refractivity contribution in [2.24, 2.45) is 10.8 Å². The molecule has 0 saturated heterocycles. The maximum atomic E-state index is 13.5. The third kappa shape index (κ3) is 7.69. The number of anilines is 1. The van der Waals surface area contributed by atoms with Gasteiger partial charge in [-0.3, -0.25) is 13.9 Å². The summed E-state index contributed by atoms with van der Waals surface area (Å²) in [6.07, 6.45) is 1.38. The highest BCUT2D eigenvalue weighted by atomic mass is 35.5. The van der Waals surface area contributed by atoms with E-state index in [1.54, 1.807) is 55.5 Å². The molecule has 0 heterocycles. The minimum atomic E-state index is -4.17. The van der Waals surface area contributed by atoms with Crippen LogP contribution in [-0.4, -0.2) is 46.2 Å². The van der Waals surface area contributed by atoms with Gasteiger partial charge in [0, 0.05) is 5.02 Å². The zero-order chi connectivity index (χ0) is 26.8. The molecule has 3 rings (SSSR count). The number of benzene rings is 3. The van der Waals surface area contributed by atoms with Gasteiger partial charge in [0.05, 0.1) is 23.4 Å². The Morgan fingerprint density at radius 1 is 1.03 bits per heavy atom. The summed E-state index contributed by atoms with van der Waals surface area (Å²) in [6, 6.07) is 18.7. The number of nitrogens with two attached hydrogens (primary N) is 1. The molecule has 12 heteroatoms. The molecule has 3 N–H and O–H groups in total. The molecule has 194 valence electrons. The Hall–Kier alpha value is -4.09. The molecule has 0 radical (unpaired) electrons. The number of carbonyl (C=O) groups is 2. The minimum Gasteiger partial charge on any atom is -0.492 e. The van der Waals surface area contributed by atoms with E-state index in [1.165, 1.54) is 30.5 Å². The van der Waals surface area contributed by atoms with Crippen LogP contribution in [0.1, 0.15) is 12.5 Å². The number of ether oxygens (including phenoxy) is 2. The van der Waals surface area contributed by atoms with Gasteiger partial charge < -0.3 is 15.2 Å². The highest BCUT2D eigenvalue weighted by Crippen LogP contribution is 2.32. The molecular weight excluding hydrogens is 520 g/mol. The van der Waals surface area contributed by atoms with E-state index in [4.69, 9.17) is 26.8 Å². The third-order valence-electron chi connectivity index (χ3n) is 4.79. The summed E-state index contributed by atoms with van der Waals surface area (Å²) < 4.78 is 38.8. The van der Waals surface area contributed by atoms with Gasteiger partial charge in [-0.1, -0.05) is 23.7 Å². The summed E-state index contributed by atoms with van der Waals surface area (Å²) in [4.78, 5) is 23.5. The van der Waals surface area contributed by atoms with E-state index < -0.39 is 28.4 Å². The lowest BCUT2D eigenvalue weighted by Crippen LogP contribution is -2.39. The van der Waals surface area contributed by atoms with Crippen molar-refractivity contribution in [1.29, 1.82) is 0 Å². The van der Waals surface area contributed by atoms with Crippen LogP contribution in [0.4, 0.5) is 5.69 Å². The predicted molar refractivity (Wildman–Crippen MR) is 140 cm³/mol.